The van der Waals surface area contributed by atoms with Gasteiger partial charge < -0.3 is 14.8 Å². The molecule has 2 aliphatic rings. The van der Waals surface area contributed by atoms with Gasteiger partial charge in [-0.3, -0.25) is 4.90 Å². The van der Waals surface area contributed by atoms with Crippen molar-refractivity contribution in [1.29, 1.82) is 0 Å². The quantitative estimate of drug-likeness (QED) is 0.695. The number of hydrogen-bond acceptors (Lipinski definition) is 4. The Bertz CT molecular complexity index is 238. The molecule has 0 aromatic heterocycles. The monoisotopic (exact) mass is 256 g/mol. The summed E-state index contributed by atoms with van der Waals surface area (Å²) in [6, 6.07) is 1.18. The summed E-state index contributed by atoms with van der Waals surface area (Å²) in [5, 5.41) is 3.58. The second-order valence-corrected chi connectivity index (χ2v) is 5.46. The minimum absolute atomic E-state index is 0.358. The number of rotatable bonds is 7. The summed E-state index contributed by atoms with van der Waals surface area (Å²) in [4.78, 5) is 2.62. The first kappa shape index (κ1) is 14.3. The molecular weight excluding hydrogens is 228 g/mol. The number of methoxy groups -OCH3 is 1. The van der Waals surface area contributed by atoms with E-state index in [0.29, 0.717) is 18.2 Å². The first-order chi connectivity index (χ1) is 8.85. The molecule has 4 nitrogen and oxygen atoms in total. The molecule has 0 saturated carbocycles. The van der Waals surface area contributed by atoms with Crippen LogP contribution in [0.15, 0.2) is 0 Å². The topological polar surface area (TPSA) is 33.7 Å². The first-order valence-electron chi connectivity index (χ1n) is 7.43. The normalized spacial score (nSPS) is 30.3. The maximum absolute atomic E-state index is 6.09. The molecule has 3 atom stereocenters. The summed E-state index contributed by atoms with van der Waals surface area (Å²) in [7, 11) is 1.77. The third kappa shape index (κ3) is 3.67. The predicted molar refractivity (Wildman–Crippen MR) is 72.9 cm³/mol. The second-order valence-electron chi connectivity index (χ2n) is 5.46. The summed E-state index contributed by atoms with van der Waals surface area (Å²) < 4.78 is 11.2. The molecule has 2 heterocycles. The number of nitrogens with one attached hydrogen (secondary N) is 1. The zero-order valence-corrected chi connectivity index (χ0v) is 11.9. The molecule has 2 fully saturated rings. The molecule has 0 aromatic rings. The van der Waals surface area contributed by atoms with Crippen molar-refractivity contribution in [2.75, 3.05) is 40.0 Å². The standard InChI is InChI=1S/C14H28N2O2/c1-3-15-13(7-5-9-17-2)14-10-16-8-4-6-12(16)11-18-14/h12-15H,3-11H2,1-2H3. The lowest BCUT2D eigenvalue weighted by atomic mass is 10.0. The van der Waals surface area contributed by atoms with Crippen LogP contribution in [-0.2, 0) is 9.47 Å². The Morgan fingerprint density at radius 3 is 3.17 bits per heavy atom. The Hall–Kier alpha value is -0.160. The Morgan fingerprint density at radius 1 is 1.50 bits per heavy atom. The van der Waals surface area contributed by atoms with Crippen molar-refractivity contribution >= 4 is 0 Å². The smallest absolute Gasteiger partial charge is 0.0855 e. The van der Waals surface area contributed by atoms with Gasteiger partial charge in [0.2, 0.25) is 0 Å². The van der Waals surface area contributed by atoms with Gasteiger partial charge in [-0.25, -0.2) is 0 Å². The first-order valence-corrected chi connectivity index (χ1v) is 7.43. The van der Waals surface area contributed by atoms with Crippen LogP contribution < -0.4 is 5.32 Å². The van der Waals surface area contributed by atoms with Crippen LogP contribution in [0.5, 0.6) is 0 Å². The van der Waals surface area contributed by atoms with E-state index in [9.17, 15) is 0 Å². The summed E-state index contributed by atoms with van der Waals surface area (Å²) in [5.74, 6) is 0. The third-order valence-corrected chi connectivity index (χ3v) is 4.19. The van der Waals surface area contributed by atoms with Crippen molar-refractivity contribution in [3.05, 3.63) is 0 Å². The number of nitrogens with zero attached hydrogens (tertiary/aromatic N) is 1. The lowest BCUT2D eigenvalue weighted by molar-refractivity contribution is -0.0661. The molecule has 2 aliphatic heterocycles. The average Bonchev–Trinajstić information content (AvgIpc) is 2.85. The summed E-state index contributed by atoms with van der Waals surface area (Å²) in [6.07, 6.45) is 5.28. The number of ether oxygens (including phenoxy) is 2. The van der Waals surface area contributed by atoms with Crippen LogP contribution in [0.2, 0.25) is 0 Å². The van der Waals surface area contributed by atoms with E-state index in [2.05, 4.69) is 17.1 Å². The molecule has 3 unspecified atom stereocenters. The van der Waals surface area contributed by atoms with Gasteiger partial charge in [-0.15, -0.1) is 0 Å². The zero-order chi connectivity index (χ0) is 12.8. The lowest BCUT2D eigenvalue weighted by Gasteiger charge is -2.39. The minimum atomic E-state index is 0.358. The van der Waals surface area contributed by atoms with Crippen LogP contribution in [0.3, 0.4) is 0 Å². The molecule has 0 aliphatic carbocycles. The van der Waals surface area contributed by atoms with Gasteiger partial charge >= 0.3 is 0 Å². The third-order valence-electron chi connectivity index (χ3n) is 4.19. The molecule has 4 heteroatoms. The van der Waals surface area contributed by atoms with E-state index in [4.69, 9.17) is 9.47 Å². The van der Waals surface area contributed by atoms with Crippen LogP contribution in [-0.4, -0.2) is 63.0 Å². The number of morpholine rings is 1. The number of hydrogen-bond donors (Lipinski definition) is 1. The van der Waals surface area contributed by atoms with Gasteiger partial charge in [-0.05, 0) is 38.8 Å². The van der Waals surface area contributed by atoms with Gasteiger partial charge in [0.15, 0.2) is 0 Å². The van der Waals surface area contributed by atoms with Crippen LogP contribution in [0, 0.1) is 0 Å². The highest BCUT2D eigenvalue weighted by Gasteiger charge is 2.35. The van der Waals surface area contributed by atoms with E-state index in [1.807, 2.05) is 0 Å². The maximum atomic E-state index is 6.09. The molecule has 0 radical (unpaired) electrons. The van der Waals surface area contributed by atoms with E-state index in [-0.39, 0.29) is 0 Å². The van der Waals surface area contributed by atoms with Gasteiger partial charge in [-0.1, -0.05) is 6.92 Å². The van der Waals surface area contributed by atoms with Crippen molar-refractivity contribution < 1.29 is 9.47 Å². The predicted octanol–water partition coefficient (Wildman–Crippen LogP) is 1.25. The van der Waals surface area contributed by atoms with Crippen LogP contribution in [0.25, 0.3) is 0 Å². The number of likely N-dealkylation sites (N-methyl/N-ethyl adjacent to an activating group) is 1. The summed E-state index contributed by atoms with van der Waals surface area (Å²) in [6.45, 7) is 7.33. The van der Waals surface area contributed by atoms with E-state index < -0.39 is 0 Å². The van der Waals surface area contributed by atoms with E-state index >= 15 is 0 Å². The van der Waals surface area contributed by atoms with Crippen LogP contribution >= 0.6 is 0 Å². The highest BCUT2D eigenvalue weighted by Crippen LogP contribution is 2.24. The Balaban J connectivity index is 1.81. The molecule has 0 aromatic carbocycles. The van der Waals surface area contributed by atoms with Gasteiger partial charge in [0, 0.05) is 32.3 Å². The van der Waals surface area contributed by atoms with Gasteiger partial charge in [0.25, 0.3) is 0 Å². The SMILES string of the molecule is CCNC(CCCOC)C1CN2CCCC2CO1. The lowest BCUT2D eigenvalue weighted by Crippen LogP contribution is -2.54. The van der Waals surface area contributed by atoms with Gasteiger partial charge in [-0.2, -0.15) is 0 Å². The molecule has 2 saturated heterocycles. The zero-order valence-electron chi connectivity index (χ0n) is 11.9. The number of fused-ring (bicyclic) bond motifs is 1. The van der Waals surface area contributed by atoms with Crippen molar-refractivity contribution in [2.45, 2.75) is 50.8 Å². The maximum Gasteiger partial charge on any atom is 0.0855 e. The molecule has 0 bridgehead atoms. The van der Waals surface area contributed by atoms with Gasteiger partial charge in [0.1, 0.15) is 0 Å². The average molecular weight is 256 g/mol. The van der Waals surface area contributed by atoms with E-state index in [0.717, 1.165) is 39.1 Å². The molecule has 2 rings (SSSR count). The Kier molecular flexibility index (Phi) is 5.89. The second kappa shape index (κ2) is 7.43. The minimum Gasteiger partial charge on any atom is -0.385 e. The van der Waals surface area contributed by atoms with Crippen molar-refractivity contribution in [1.82, 2.24) is 10.2 Å². The Morgan fingerprint density at radius 2 is 2.39 bits per heavy atom. The van der Waals surface area contributed by atoms with Crippen LogP contribution in [0.1, 0.15) is 32.6 Å². The fourth-order valence-electron chi connectivity index (χ4n) is 3.22. The molecule has 0 amide bonds. The van der Waals surface area contributed by atoms with E-state index in [1.165, 1.54) is 19.4 Å². The summed E-state index contributed by atoms with van der Waals surface area (Å²) in [5.41, 5.74) is 0. The fourth-order valence-corrected chi connectivity index (χ4v) is 3.22. The molecular formula is C14H28N2O2. The molecule has 106 valence electrons. The highest BCUT2D eigenvalue weighted by molar-refractivity contribution is 4.89. The fraction of sp³-hybridized carbons (Fsp3) is 1.00. The van der Waals surface area contributed by atoms with Gasteiger partial charge in [0.05, 0.1) is 12.7 Å². The highest BCUT2D eigenvalue weighted by atomic mass is 16.5. The largest absolute Gasteiger partial charge is 0.385 e. The van der Waals surface area contributed by atoms with E-state index in [1.54, 1.807) is 7.11 Å². The molecule has 1 N–H and O–H groups in total. The van der Waals surface area contributed by atoms with Crippen LogP contribution in [0.4, 0.5) is 0 Å². The van der Waals surface area contributed by atoms with Crippen molar-refractivity contribution in [2.24, 2.45) is 0 Å². The van der Waals surface area contributed by atoms with Crippen molar-refractivity contribution in [3.8, 4) is 0 Å². The van der Waals surface area contributed by atoms with Crippen molar-refractivity contribution in [3.63, 3.8) is 0 Å². The Labute approximate surface area is 111 Å². The molecule has 0 spiro atoms. The summed E-state index contributed by atoms with van der Waals surface area (Å²) >= 11 is 0. The molecule has 18 heavy (non-hydrogen) atoms.